The van der Waals surface area contributed by atoms with Gasteiger partial charge in [0.25, 0.3) is 0 Å². The summed E-state index contributed by atoms with van der Waals surface area (Å²) in [5.74, 6) is 0. The highest BCUT2D eigenvalue weighted by Crippen LogP contribution is 2.38. The molecule has 0 spiro atoms. The molecule has 1 aliphatic carbocycles. The SMILES string of the molecule is CC(C)(C)OC(=O)NC1(C(C)(N)O)CCC1. The van der Waals surface area contributed by atoms with Crippen LogP contribution in [0.5, 0.6) is 0 Å². The molecule has 1 aliphatic rings. The molecule has 0 bridgehead atoms. The highest BCUT2D eigenvalue weighted by Gasteiger charge is 2.51. The molecule has 0 aromatic rings. The lowest BCUT2D eigenvalue weighted by Crippen LogP contribution is -2.71. The molecule has 0 saturated heterocycles. The Morgan fingerprint density at radius 1 is 1.38 bits per heavy atom. The molecule has 0 aliphatic heterocycles. The minimum absolute atomic E-state index is 0.530. The van der Waals surface area contributed by atoms with E-state index in [1.165, 1.54) is 6.92 Å². The predicted molar refractivity (Wildman–Crippen MR) is 60.8 cm³/mol. The lowest BCUT2D eigenvalue weighted by molar-refractivity contribution is -0.0741. The van der Waals surface area contributed by atoms with Crippen LogP contribution in [0.15, 0.2) is 0 Å². The van der Waals surface area contributed by atoms with E-state index in [0.717, 1.165) is 6.42 Å². The van der Waals surface area contributed by atoms with Crippen LogP contribution >= 0.6 is 0 Å². The van der Waals surface area contributed by atoms with Gasteiger partial charge in [-0.2, -0.15) is 0 Å². The summed E-state index contributed by atoms with van der Waals surface area (Å²) in [5, 5.41) is 12.5. The smallest absolute Gasteiger partial charge is 0.408 e. The van der Waals surface area contributed by atoms with E-state index in [-0.39, 0.29) is 0 Å². The van der Waals surface area contributed by atoms with Crippen LogP contribution < -0.4 is 11.1 Å². The van der Waals surface area contributed by atoms with Crippen molar-refractivity contribution in [2.45, 2.75) is 63.8 Å². The molecule has 1 saturated carbocycles. The molecule has 4 N–H and O–H groups in total. The Labute approximate surface area is 96.3 Å². The van der Waals surface area contributed by atoms with Crippen LogP contribution in [0, 0.1) is 0 Å². The molecule has 1 atom stereocenters. The van der Waals surface area contributed by atoms with E-state index >= 15 is 0 Å². The second kappa shape index (κ2) is 3.89. The van der Waals surface area contributed by atoms with Gasteiger partial charge >= 0.3 is 6.09 Å². The number of aliphatic hydroxyl groups is 1. The topological polar surface area (TPSA) is 84.6 Å². The Kier molecular flexibility index (Phi) is 3.22. The lowest BCUT2D eigenvalue weighted by Gasteiger charge is -2.49. The first kappa shape index (κ1) is 13.3. The van der Waals surface area contributed by atoms with Gasteiger partial charge in [-0.1, -0.05) is 0 Å². The second-order valence-electron chi connectivity index (χ2n) is 5.71. The number of nitrogens with two attached hydrogens (primary N) is 1. The lowest BCUT2D eigenvalue weighted by atomic mass is 9.70. The molecule has 0 aromatic carbocycles. The molecule has 1 unspecified atom stereocenters. The highest BCUT2D eigenvalue weighted by atomic mass is 16.6. The first-order valence-corrected chi connectivity index (χ1v) is 5.58. The van der Waals surface area contributed by atoms with Crippen molar-refractivity contribution in [2.24, 2.45) is 5.73 Å². The highest BCUT2D eigenvalue weighted by molar-refractivity contribution is 5.69. The monoisotopic (exact) mass is 230 g/mol. The zero-order valence-corrected chi connectivity index (χ0v) is 10.5. The zero-order valence-electron chi connectivity index (χ0n) is 10.5. The molecule has 16 heavy (non-hydrogen) atoms. The quantitative estimate of drug-likeness (QED) is 0.620. The number of carbonyl (C=O) groups is 1. The minimum atomic E-state index is -1.41. The molecule has 1 rings (SSSR count). The predicted octanol–water partition coefficient (Wildman–Crippen LogP) is 1.10. The molecular formula is C11H22N2O3. The van der Waals surface area contributed by atoms with E-state index in [2.05, 4.69) is 5.32 Å². The van der Waals surface area contributed by atoms with Crippen molar-refractivity contribution in [3.8, 4) is 0 Å². The van der Waals surface area contributed by atoms with Gasteiger partial charge in [0.1, 0.15) is 11.3 Å². The Hall–Kier alpha value is -0.810. The standard InChI is InChI=1S/C11H22N2O3/c1-9(2,3)16-8(14)13-11(6-5-7-11)10(4,12)15/h15H,5-7,12H2,1-4H3,(H,13,14). The van der Waals surface area contributed by atoms with Crippen molar-refractivity contribution in [3.05, 3.63) is 0 Å². The Morgan fingerprint density at radius 3 is 2.12 bits per heavy atom. The fourth-order valence-corrected chi connectivity index (χ4v) is 1.79. The van der Waals surface area contributed by atoms with Crippen LogP contribution in [-0.2, 0) is 4.74 Å². The molecule has 0 radical (unpaired) electrons. The molecule has 0 aromatic heterocycles. The molecule has 1 fully saturated rings. The fraction of sp³-hybridized carbons (Fsp3) is 0.909. The number of amides is 1. The van der Waals surface area contributed by atoms with Crippen molar-refractivity contribution in [1.82, 2.24) is 5.32 Å². The van der Waals surface area contributed by atoms with E-state index in [4.69, 9.17) is 10.5 Å². The third-order valence-electron chi connectivity index (χ3n) is 2.92. The number of hydrogen-bond donors (Lipinski definition) is 3. The van der Waals surface area contributed by atoms with Crippen LogP contribution in [0.4, 0.5) is 4.79 Å². The summed E-state index contributed by atoms with van der Waals surface area (Å²) in [6.45, 7) is 6.88. The second-order valence-corrected chi connectivity index (χ2v) is 5.71. The van der Waals surface area contributed by atoms with Crippen LogP contribution in [0.1, 0.15) is 47.0 Å². The molecule has 5 nitrogen and oxygen atoms in total. The summed E-state index contributed by atoms with van der Waals surface area (Å²) in [4.78, 5) is 11.6. The van der Waals surface area contributed by atoms with Gasteiger partial charge in [0.2, 0.25) is 0 Å². The van der Waals surface area contributed by atoms with Crippen LogP contribution in [-0.4, -0.2) is 28.1 Å². The number of nitrogens with one attached hydrogen (secondary N) is 1. The van der Waals surface area contributed by atoms with E-state index in [1.807, 2.05) is 0 Å². The van der Waals surface area contributed by atoms with Gasteiger partial charge in [0.15, 0.2) is 0 Å². The van der Waals surface area contributed by atoms with Gasteiger partial charge in [0.05, 0.1) is 5.54 Å². The summed E-state index contributed by atoms with van der Waals surface area (Å²) < 4.78 is 5.15. The first-order chi connectivity index (χ1) is 7.06. The van der Waals surface area contributed by atoms with Crippen LogP contribution in [0.2, 0.25) is 0 Å². The van der Waals surface area contributed by atoms with Crippen molar-refractivity contribution in [2.75, 3.05) is 0 Å². The van der Waals surface area contributed by atoms with E-state index in [1.54, 1.807) is 20.8 Å². The van der Waals surface area contributed by atoms with Gasteiger partial charge in [-0.05, 0) is 47.0 Å². The summed E-state index contributed by atoms with van der Waals surface area (Å²) in [6, 6.07) is 0. The fourth-order valence-electron chi connectivity index (χ4n) is 1.79. The van der Waals surface area contributed by atoms with Crippen LogP contribution in [0.25, 0.3) is 0 Å². The number of hydrogen-bond acceptors (Lipinski definition) is 4. The average molecular weight is 230 g/mol. The van der Waals surface area contributed by atoms with Gasteiger partial charge in [-0.3, -0.25) is 0 Å². The average Bonchev–Trinajstić information content (AvgIpc) is 1.90. The molecule has 5 heteroatoms. The Bertz CT molecular complexity index is 272. The van der Waals surface area contributed by atoms with E-state index in [9.17, 15) is 9.90 Å². The van der Waals surface area contributed by atoms with Gasteiger partial charge in [0, 0.05) is 0 Å². The molecule has 1 amide bonds. The maximum Gasteiger partial charge on any atom is 0.408 e. The van der Waals surface area contributed by atoms with Crippen molar-refractivity contribution in [3.63, 3.8) is 0 Å². The maximum atomic E-state index is 11.6. The molecule has 0 heterocycles. The summed E-state index contributed by atoms with van der Waals surface area (Å²) in [5.41, 5.74) is 2.97. The normalized spacial score (nSPS) is 22.9. The number of alkyl carbamates (subject to hydrolysis) is 1. The van der Waals surface area contributed by atoms with Crippen molar-refractivity contribution >= 4 is 6.09 Å². The molecule has 94 valence electrons. The first-order valence-electron chi connectivity index (χ1n) is 5.58. The van der Waals surface area contributed by atoms with Gasteiger partial charge in [-0.15, -0.1) is 0 Å². The van der Waals surface area contributed by atoms with Gasteiger partial charge < -0.3 is 20.9 Å². The zero-order chi connectivity index (χ0) is 12.6. The maximum absolute atomic E-state index is 11.6. The largest absolute Gasteiger partial charge is 0.444 e. The van der Waals surface area contributed by atoms with Crippen LogP contribution in [0.3, 0.4) is 0 Å². The van der Waals surface area contributed by atoms with Gasteiger partial charge in [-0.25, -0.2) is 4.79 Å². The third kappa shape index (κ3) is 2.86. The summed E-state index contributed by atoms with van der Waals surface area (Å²) in [7, 11) is 0. The Morgan fingerprint density at radius 2 is 1.88 bits per heavy atom. The number of carbonyl (C=O) groups excluding carboxylic acids is 1. The third-order valence-corrected chi connectivity index (χ3v) is 2.92. The van der Waals surface area contributed by atoms with Crippen molar-refractivity contribution in [1.29, 1.82) is 0 Å². The summed E-state index contributed by atoms with van der Waals surface area (Å²) >= 11 is 0. The summed E-state index contributed by atoms with van der Waals surface area (Å²) in [6.07, 6.45) is 1.77. The Balaban J connectivity index is 2.62. The van der Waals surface area contributed by atoms with Crippen molar-refractivity contribution < 1.29 is 14.6 Å². The molecular weight excluding hydrogens is 208 g/mol. The van der Waals surface area contributed by atoms with E-state index < -0.39 is 23.0 Å². The van der Waals surface area contributed by atoms with E-state index in [0.29, 0.717) is 12.8 Å². The number of ether oxygens (including phenoxy) is 1. The minimum Gasteiger partial charge on any atom is -0.444 e. The number of rotatable bonds is 2.